The molecule has 3 rings (SSSR count). The molecule has 1 aliphatic rings. The first kappa shape index (κ1) is 18.4. The largest absolute Gasteiger partial charge is 0.376 e. The fourth-order valence-corrected chi connectivity index (χ4v) is 3.30. The number of nitrogens with zero attached hydrogens (tertiary/aromatic N) is 2. The van der Waals surface area contributed by atoms with Crippen molar-refractivity contribution < 1.29 is 9.53 Å². The number of carbonyl (C=O) groups is 1. The fourth-order valence-electron chi connectivity index (χ4n) is 3.30. The Morgan fingerprint density at radius 2 is 2.12 bits per heavy atom. The van der Waals surface area contributed by atoms with Gasteiger partial charge in [0.25, 0.3) is 5.56 Å². The van der Waals surface area contributed by atoms with Crippen LogP contribution in [0.15, 0.2) is 33.9 Å². The van der Waals surface area contributed by atoms with E-state index >= 15 is 0 Å². The van der Waals surface area contributed by atoms with Crippen LogP contribution in [0.25, 0.3) is 10.9 Å². The highest BCUT2D eigenvalue weighted by atomic mass is 16.5. The number of para-hydroxylation sites is 1. The van der Waals surface area contributed by atoms with Crippen LogP contribution >= 0.6 is 0 Å². The van der Waals surface area contributed by atoms with E-state index in [2.05, 4.69) is 5.32 Å². The topological polar surface area (TPSA) is 82.3 Å². The first-order chi connectivity index (χ1) is 12.5. The number of amides is 1. The highest BCUT2D eigenvalue weighted by Gasteiger charge is 2.19. The zero-order chi connectivity index (χ0) is 18.7. The van der Waals surface area contributed by atoms with Crippen LogP contribution in [-0.4, -0.2) is 34.3 Å². The molecular weight excluding hydrogens is 334 g/mol. The Morgan fingerprint density at radius 3 is 2.81 bits per heavy atom. The van der Waals surface area contributed by atoms with Crippen molar-refractivity contribution in [2.24, 2.45) is 0 Å². The Balaban J connectivity index is 1.94. The number of hydrogen-bond acceptors (Lipinski definition) is 4. The quantitative estimate of drug-likeness (QED) is 0.846. The minimum Gasteiger partial charge on any atom is -0.376 e. The van der Waals surface area contributed by atoms with Crippen molar-refractivity contribution in [3.8, 4) is 0 Å². The van der Waals surface area contributed by atoms with Gasteiger partial charge >= 0.3 is 5.69 Å². The second-order valence-electron chi connectivity index (χ2n) is 6.76. The molecule has 0 saturated carbocycles. The van der Waals surface area contributed by atoms with Gasteiger partial charge in [-0.15, -0.1) is 0 Å². The zero-order valence-electron chi connectivity index (χ0n) is 15.2. The third-order valence-corrected chi connectivity index (χ3v) is 4.97. The molecule has 26 heavy (non-hydrogen) atoms. The van der Waals surface area contributed by atoms with Crippen LogP contribution in [0, 0.1) is 0 Å². The molecule has 0 radical (unpaired) electrons. The number of carbonyl (C=O) groups excluding carboxylic acids is 1. The van der Waals surface area contributed by atoms with Crippen molar-refractivity contribution in [3.63, 3.8) is 0 Å². The molecule has 2 aromatic rings. The van der Waals surface area contributed by atoms with Crippen LogP contribution in [0.1, 0.15) is 39.2 Å². The second-order valence-corrected chi connectivity index (χ2v) is 6.76. The monoisotopic (exact) mass is 359 g/mol. The fraction of sp³-hybridized carbons (Fsp3) is 0.526. The van der Waals surface area contributed by atoms with Crippen LogP contribution < -0.4 is 16.6 Å². The number of fused-ring (bicyclic) bond motifs is 1. The molecule has 1 saturated heterocycles. The molecule has 1 aromatic heterocycles. The van der Waals surface area contributed by atoms with Gasteiger partial charge in [0.05, 0.1) is 17.0 Å². The van der Waals surface area contributed by atoms with Crippen molar-refractivity contribution in [2.75, 3.05) is 13.2 Å². The normalized spacial score (nSPS) is 18.2. The smallest absolute Gasteiger partial charge is 0.332 e. The van der Waals surface area contributed by atoms with Gasteiger partial charge in [-0.2, -0.15) is 0 Å². The highest BCUT2D eigenvalue weighted by molar-refractivity contribution is 5.81. The lowest BCUT2D eigenvalue weighted by Crippen LogP contribution is -2.44. The first-order valence-corrected chi connectivity index (χ1v) is 9.15. The van der Waals surface area contributed by atoms with Crippen LogP contribution in [0.5, 0.6) is 0 Å². The Hall–Kier alpha value is -2.41. The van der Waals surface area contributed by atoms with E-state index in [1.165, 1.54) is 9.13 Å². The highest BCUT2D eigenvalue weighted by Crippen LogP contribution is 2.12. The maximum absolute atomic E-state index is 12.9. The van der Waals surface area contributed by atoms with Crippen molar-refractivity contribution in [1.29, 1.82) is 0 Å². The van der Waals surface area contributed by atoms with E-state index in [-0.39, 0.29) is 30.2 Å². The summed E-state index contributed by atoms with van der Waals surface area (Å²) in [5.41, 5.74) is -0.277. The summed E-state index contributed by atoms with van der Waals surface area (Å²) in [5, 5.41) is 3.28. The number of rotatable bonds is 6. The standard InChI is InChI=1S/C19H25N3O4/c1-3-13(2)22-18(24)15-8-4-5-9-16(15)21(19(22)25)12-17(23)20-11-14-7-6-10-26-14/h4-5,8-9,13-14H,3,6-7,10-12H2,1-2H3,(H,20,23)/t13-,14-/m1/s1. The van der Waals surface area contributed by atoms with Gasteiger partial charge in [0.1, 0.15) is 6.54 Å². The van der Waals surface area contributed by atoms with Crippen molar-refractivity contribution >= 4 is 16.8 Å². The SMILES string of the molecule is CC[C@@H](C)n1c(=O)c2ccccc2n(CC(=O)NC[C@H]2CCCO2)c1=O. The summed E-state index contributed by atoms with van der Waals surface area (Å²) < 4.78 is 8.13. The van der Waals surface area contributed by atoms with Crippen LogP contribution in [0.3, 0.4) is 0 Å². The van der Waals surface area contributed by atoms with Gasteiger partial charge in [-0.3, -0.25) is 18.7 Å². The lowest BCUT2D eigenvalue weighted by Gasteiger charge is -2.18. The maximum atomic E-state index is 12.9. The maximum Gasteiger partial charge on any atom is 0.332 e. The van der Waals surface area contributed by atoms with Crippen LogP contribution in [0.2, 0.25) is 0 Å². The van der Waals surface area contributed by atoms with Gasteiger partial charge in [-0.25, -0.2) is 4.79 Å². The molecule has 7 heteroatoms. The molecule has 0 bridgehead atoms. The average molecular weight is 359 g/mol. The van der Waals surface area contributed by atoms with E-state index in [4.69, 9.17) is 4.74 Å². The van der Waals surface area contributed by atoms with E-state index in [0.29, 0.717) is 23.9 Å². The summed E-state index contributed by atoms with van der Waals surface area (Å²) in [6.07, 6.45) is 2.63. The van der Waals surface area contributed by atoms with E-state index in [9.17, 15) is 14.4 Å². The number of nitrogens with one attached hydrogen (secondary N) is 1. The van der Waals surface area contributed by atoms with E-state index in [1.807, 2.05) is 13.8 Å². The van der Waals surface area contributed by atoms with Gasteiger partial charge in [-0.05, 0) is 38.3 Å². The molecular formula is C19H25N3O4. The second kappa shape index (κ2) is 7.86. The van der Waals surface area contributed by atoms with E-state index in [1.54, 1.807) is 24.3 Å². The lowest BCUT2D eigenvalue weighted by molar-refractivity contribution is -0.122. The van der Waals surface area contributed by atoms with Crippen molar-refractivity contribution in [2.45, 2.75) is 51.8 Å². The Morgan fingerprint density at radius 1 is 1.35 bits per heavy atom. The average Bonchev–Trinajstić information content (AvgIpc) is 3.17. The molecule has 2 atom stereocenters. The molecule has 1 fully saturated rings. The number of hydrogen-bond donors (Lipinski definition) is 1. The Kier molecular flexibility index (Phi) is 5.56. The third kappa shape index (κ3) is 3.58. The molecule has 0 spiro atoms. The lowest BCUT2D eigenvalue weighted by atomic mass is 10.2. The number of benzene rings is 1. The molecule has 1 aliphatic heterocycles. The van der Waals surface area contributed by atoms with Crippen molar-refractivity contribution in [1.82, 2.24) is 14.5 Å². The molecule has 0 unspecified atom stereocenters. The molecule has 1 aromatic carbocycles. The van der Waals surface area contributed by atoms with Gasteiger partial charge < -0.3 is 10.1 Å². The first-order valence-electron chi connectivity index (χ1n) is 9.15. The summed E-state index contributed by atoms with van der Waals surface area (Å²) in [7, 11) is 0. The van der Waals surface area contributed by atoms with Gasteiger partial charge in [0, 0.05) is 19.2 Å². The summed E-state index contributed by atoms with van der Waals surface area (Å²) in [4.78, 5) is 38.0. The molecule has 1 N–H and O–H groups in total. The molecule has 7 nitrogen and oxygen atoms in total. The number of aromatic nitrogens is 2. The summed E-state index contributed by atoms with van der Waals surface area (Å²) in [6.45, 7) is 4.80. The zero-order valence-corrected chi connectivity index (χ0v) is 15.2. The summed E-state index contributed by atoms with van der Waals surface area (Å²) in [6, 6.07) is 6.68. The predicted octanol–water partition coefficient (Wildman–Crippen LogP) is 1.43. The third-order valence-electron chi connectivity index (χ3n) is 4.97. The van der Waals surface area contributed by atoms with Gasteiger partial charge in [-0.1, -0.05) is 19.1 Å². The van der Waals surface area contributed by atoms with E-state index in [0.717, 1.165) is 19.4 Å². The molecule has 2 heterocycles. The van der Waals surface area contributed by atoms with Crippen LogP contribution in [-0.2, 0) is 16.1 Å². The van der Waals surface area contributed by atoms with Gasteiger partial charge in [0.2, 0.25) is 5.91 Å². The molecule has 1 amide bonds. The summed E-state index contributed by atoms with van der Waals surface area (Å²) in [5.74, 6) is -0.262. The number of ether oxygens (including phenoxy) is 1. The molecule has 140 valence electrons. The molecule has 0 aliphatic carbocycles. The Labute approximate surface area is 151 Å². The van der Waals surface area contributed by atoms with Gasteiger partial charge in [0.15, 0.2) is 0 Å². The Bertz CT molecular complexity index is 909. The van der Waals surface area contributed by atoms with Crippen molar-refractivity contribution in [3.05, 3.63) is 45.1 Å². The minimum atomic E-state index is -0.449. The predicted molar refractivity (Wildman–Crippen MR) is 99.5 cm³/mol. The van der Waals surface area contributed by atoms with E-state index < -0.39 is 5.69 Å². The van der Waals surface area contributed by atoms with Crippen LogP contribution in [0.4, 0.5) is 0 Å². The minimum absolute atomic E-state index is 0.0430. The summed E-state index contributed by atoms with van der Waals surface area (Å²) >= 11 is 0.